The molecule has 14 heavy (non-hydrogen) atoms. The Morgan fingerprint density at radius 1 is 1.43 bits per heavy atom. The molecule has 1 N–H and O–H groups in total. The summed E-state index contributed by atoms with van der Waals surface area (Å²) < 4.78 is 7.30. The Kier molecular flexibility index (Phi) is 5.30. The van der Waals surface area contributed by atoms with Gasteiger partial charge in [-0.3, -0.25) is 0 Å². The third-order valence-corrected chi connectivity index (χ3v) is 2.40. The molecule has 3 nitrogen and oxygen atoms in total. The molecule has 0 atom stereocenters. The fourth-order valence-corrected chi connectivity index (χ4v) is 1.55. The summed E-state index contributed by atoms with van der Waals surface area (Å²) in [5, 5.41) is 0. The van der Waals surface area contributed by atoms with Crippen molar-refractivity contribution in [1.82, 2.24) is 4.98 Å². The summed E-state index contributed by atoms with van der Waals surface area (Å²) in [5.41, 5.74) is 0. The summed E-state index contributed by atoms with van der Waals surface area (Å²) >= 11 is 0. The highest BCUT2D eigenvalue weighted by Crippen LogP contribution is 1.99. The zero-order valence-electron chi connectivity index (χ0n) is 9.25. The maximum atomic E-state index is 5.06. The van der Waals surface area contributed by atoms with E-state index in [1.54, 1.807) is 7.11 Å². The van der Waals surface area contributed by atoms with Crippen LogP contribution in [-0.4, -0.2) is 18.7 Å². The molecule has 0 fully saturated rings. The molecule has 0 aliphatic rings. The van der Waals surface area contributed by atoms with E-state index in [9.17, 15) is 0 Å². The highest BCUT2D eigenvalue weighted by molar-refractivity contribution is 4.77. The number of nitrogens with zero attached hydrogens (tertiary/aromatic N) is 1. The van der Waals surface area contributed by atoms with E-state index in [1.165, 1.54) is 25.1 Å². The molecule has 0 unspecified atom stereocenters. The van der Waals surface area contributed by atoms with E-state index >= 15 is 0 Å². The quantitative estimate of drug-likeness (QED) is 0.523. The van der Waals surface area contributed by atoms with E-state index in [-0.39, 0.29) is 0 Å². The molecule has 1 rings (SSSR count). The Bertz CT molecular complexity index is 245. The SMILES string of the molecule is CCCCCc1[nH]cc[n+]1CCOC. The van der Waals surface area contributed by atoms with Gasteiger partial charge >= 0.3 is 0 Å². The summed E-state index contributed by atoms with van der Waals surface area (Å²) in [4.78, 5) is 3.28. The topological polar surface area (TPSA) is 28.9 Å². The molecule has 0 saturated heterocycles. The number of rotatable bonds is 7. The van der Waals surface area contributed by atoms with Gasteiger partial charge in [-0.2, -0.15) is 0 Å². The number of nitrogens with one attached hydrogen (secondary N) is 1. The molecule has 0 aromatic carbocycles. The third kappa shape index (κ3) is 3.50. The summed E-state index contributed by atoms with van der Waals surface area (Å²) in [7, 11) is 1.74. The van der Waals surface area contributed by atoms with Gasteiger partial charge in [-0.25, -0.2) is 9.55 Å². The molecular formula is C11H21N2O+. The van der Waals surface area contributed by atoms with Crippen LogP contribution in [0.2, 0.25) is 0 Å². The van der Waals surface area contributed by atoms with Crippen molar-refractivity contribution in [2.45, 2.75) is 39.2 Å². The molecule has 0 amide bonds. The molecule has 0 bridgehead atoms. The van der Waals surface area contributed by atoms with Crippen molar-refractivity contribution in [3.63, 3.8) is 0 Å². The Morgan fingerprint density at radius 2 is 2.29 bits per heavy atom. The number of imidazole rings is 1. The fraction of sp³-hybridized carbons (Fsp3) is 0.727. The van der Waals surface area contributed by atoms with Gasteiger partial charge in [0.1, 0.15) is 18.9 Å². The lowest BCUT2D eigenvalue weighted by Gasteiger charge is -1.99. The normalized spacial score (nSPS) is 10.7. The summed E-state index contributed by atoms with van der Waals surface area (Å²) in [6.07, 6.45) is 9.08. The predicted octanol–water partition coefficient (Wildman–Crippen LogP) is 1.68. The lowest BCUT2D eigenvalue weighted by Crippen LogP contribution is -2.38. The van der Waals surface area contributed by atoms with Crippen LogP contribution in [0.25, 0.3) is 0 Å². The summed E-state index contributed by atoms with van der Waals surface area (Å²) in [6.45, 7) is 3.96. The van der Waals surface area contributed by atoms with E-state index in [1.807, 2.05) is 6.20 Å². The van der Waals surface area contributed by atoms with Crippen molar-refractivity contribution in [2.75, 3.05) is 13.7 Å². The number of methoxy groups -OCH3 is 1. The molecule has 1 aromatic heterocycles. The molecule has 0 radical (unpaired) electrons. The van der Waals surface area contributed by atoms with E-state index in [4.69, 9.17) is 4.74 Å². The van der Waals surface area contributed by atoms with Crippen LogP contribution >= 0.6 is 0 Å². The average molecular weight is 197 g/mol. The Balaban J connectivity index is 2.37. The van der Waals surface area contributed by atoms with Crippen molar-refractivity contribution in [3.8, 4) is 0 Å². The Hall–Kier alpha value is -0.830. The number of aromatic amines is 1. The second-order valence-electron chi connectivity index (χ2n) is 3.55. The van der Waals surface area contributed by atoms with Gasteiger partial charge in [0.05, 0.1) is 6.61 Å². The molecule has 0 aliphatic heterocycles. The van der Waals surface area contributed by atoms with Crippen molar-refractivity contribution in [3.05, 3.63) is 18.2 Å². The molecule has 80 valence electrons. The first-order valence-corrected chi connectivity index (χ1v) is 5.43. The monoisotopic (exact) mass is 197 g/mol. The highest BCUT2D eigenvalue weighted by atomic mass is 16.5. The number of aryl methyl sites for hydroxylation is 1. The number of unbranched alkanes of at least 4 members (excludes halogenated alkanes) is 2. The van der Waals surface area contributed by atoms with Crippen molar-refractivity contribution in [1.29, 1.82) is 0 Å². The second-order valence-corrected chi connectivity index (χ2v) is 3.55. The number of ether oxygens (including phenoxy) is 1. The van der Waals surface area contributed by atoms with Crippen LogP contribution in [0, 0.1) is 0 Å². The molecular weight excluding hydrogens is 176 g/mol. The molecule has 0 saturated carbocycles. The van der Waals surface area contributed by atoms with Crippen LogP contribution in [0.5, 0.6) is 0 Å². The van der Waals surface area contributed by atoms with Crippen LogP contribution < -0.4 is 4.57 Å². The van der Waals surface area contributed by atoms with Crippen molar-refractivity contribution >= 4 is 0 Å². The van der Waals surface area contributed by atoms with Crippen LogP contribution in [0.3, 0.4) is 0 Å². The van der Waals surface area contributed by atoms with Crippen LogP contribution in [0.15, 0.2) is 12.4 Å². The first-order valence-electron chi connectivity index (χ1n) is 5.43. The smallest absolute Gasteiger partial charge is 0.254 e. The Morgan fingerprint density at radius 3 is 3.00 bits per heavy atom. The number of hydrogen-bond donors (Lipinski definition) is 1. The summed E-state index contributed by atoms with van der Waals surface area (Å²) in [5.74, 6) is 1.32. The number of hydrogen-bond acceptors (Lipinski definition) is 1. The van der Waals surface area contributed by atoms with Crippen LogP contribution in [0.4, 0.5) is 0 Å². The fourth-order valence-electron chi connectivity index (χ4n) is 1.55. The highest BCUT2D eigenvalue weighted by Gasteiger charge is 2.08. The van der Waals surface area contributed by atoms with Crippen molar-refractivity contribution < 1.29 is 9.30 Å². The van der Waals surface area contributed by atoms with E-state index in [0.29, 0.717) is 0 Å². The second kappa shape index (κ2) is 6.60. The first-order chi connectivity index (χ1) is 6.88. The van der Waals surface area contributed by atoms with Gasteiger partial charge in [0.25, 0.3) is 5.82 Å². The lowest BCUT2D eigenvalue weighted by molar-refractivity contribution is -0.704. The minimum Gasteiger partial charge on any atom is -0.381 e. The zero-order chi connectivity index (χ0) is 10.2. The lowest BCUT2D eigenvalue weighted by atomic mass is 10.2. The number of H-pyrrole nitrogens is 1. The van der Waals surface area contributed by atoms with Crippen LogP contribution in [-0.2, 0) is 17.7 Å². The van der Waals surface area contributed by atoms with Gasteiger partial charge in [-0.05, 0) is 6.42 Å². The van der Waals surface area contributed by atoms with Crippen LogP contribution in [0.1, 0.15) is 32.0 Å². The molecule has 0 spiro atoms. The van der Waals surface area contributed by atoms with Gasteiger partial charge in [0.2, 0.25) is 0 Å². The zero-order valence-corrected chi connectivity index (χ0v) is 9.25. The van der Waals surface area contributed by atoms with Gasteiger partial charge in [-0.1, -0.05) is 19.8 Å². The number of aromatic nitrogens is 2. The maximum Gasteiger partial charge on any atom is 0.254 e. The Labute approximate surface area is 86.1 Å². The minimum atomic E-state index is 0.781. The molecule has 0 aliphatic carbocycles. The minimum absolute atomic E-state index is 0.781. The molecule has 3 heteroatoms. The van der Waals surface area contributed by atoms with Gasteiger partial charge < -0.3 is 4.74 Å². The van der Waals surface area contributed by atoms with E-state index in [2.05, 4.69) is 22.7 Å². The predicted molar refractivity (Wildman–Crippen MR) is 56.1 cm³/mol. The standard InChI is InChI=1S/C11H20N2O/c1-3-4-5-6-11-12-7-8-13(11)9-10-14-2/h7-8H,3-6,9-10H2,1-2H3/p+1. The van der Waals surface area contributed by atoms with Crippen molar-refractivity contribution in [2.24, 2.45) is 0 Å². The van der Waals surface area contributed by atoms with E-state index < -0.39 is 0 Å². The maximum absolute atomic E-state index is 5.06. The summed E-state index contributed by atoms with van der Waals surface area (Å²) in [6, 6.07) is 0. The van der Waals surface area contributed by atoms with Gasteiger partial charge in [-0.15, -0.1) is 0 Å². The molecule has 1 heterocycles. The van der Waals surface area contributed by atoms with E-state index in [0.717, 1.165) is 19.6 Å². The molecule has 1 aromatic rings. The third-order valence-electron chi connectivity index (χ3n) is 2.40. The van der Waals surface area contributed by atoms with Gasteiger partial charge in [0, 0.05) is 13.5 Å². The average Bonchev–Trinajstić information content (AvgIpc) is 2.63. The first kappa shape index (κ1) is 11.2. The van der Waals surface area contributed by atoms with Gasteiger partial charge in [0.15, 0.2) is 0 Å². The largest absolute Gasteiger partial charge is 0.381 e.